The van der Waals surface area contributed by atoms with Crippen molar-refractivity contribution < 1.29 is 4.74 Å². The van der Waals surface area contributed by atoms with Gasteiger partial charge in [0.2, 0.25) is 0 Å². The number of hydrogen-bond acceptors (Lipinski definition) is 3. The monoisotopic (exact) mass is 349 g/mol. The first-order valence-corrected chi connectivity index (χ1v) is 8.23. The van der Waals surface area contributed by atoms with E-state index in [2.05, 4.69) is 31.9 Å². The normalized spacial score (nSPS) is 16.0. The number of nitrogen functional groups attached to an aromatic ring is 1. The molecule has 5 heteroatoms. The zero-order valence-electron chi connectivity index (χ0n) is 12.0. The highest BCUT2D eigenvalue weighted by Gasteiger charge is 2.16. The van der Waals surface area contributed by atoms with Crippen LogP contribution in [0.4, 0.5) is 5.69 Å². The van der Waals surface area contributed by atoms with E-state index >= 15 is 0 Å². The van der Waals surface area contributed by atoms with Crippen molar-refractivity contribution in [3.63, 3.8) is 0 Å². The molecule has 3 rings (SSSR count). The molecule has 0 aliphatic heterocycles. The van der Waals surface area contributed by atoms with Crippen LogP contribution in [0.15, 0.2) is 34.9 Å². The summed E-state index contributed by atoms with van der Waals surface area (Å²) in [5, 5.41) is 4.65. The molecule has 0 unspecified atom stereocenters. The van der Waals surface area contributed by atoms with Crippen molar-refractivity contribution in [1.82, 2.24) is 9.78 Å². The molecule has 1 saturated carbocycles. The van der Waals surface area contributed by atoms with Gasteiger partial charge in [0, 0.05) is 18.0 Å². The highest BCUT2D eigenvalue weighted by atomic mass is 79.9. The van der Waals surface area contributed by atoms with E-state index in [0.29, 0.717) is 18.3 Å². The predicted molar refractivity (Wildman–Crippen MR) is 87.2 cm³/mol. The number of anilines is 1. The van der Waals surface area contributed by atoms with Gasteiger partial charge in [-0.1, -0.05) is 19.3 Å². The predicted octanol–water partition coefficient (Wildman–Crippen LogP) is 4.31. The van der Waals surface area contributed by atoms with Gasteiger partial charge < -0.3 is 10.5 Å². The van der Waals surface area contributed by atoms with Crippen LogP contribution in [0, 0.1) is 0 Å². The van der Waals surface area contributed by atoms with Gasteiger partial charge in [-0.2, -0.15) is 5.10 Å². The molecule has 0 amide bonds. The topological polar surface area (TPSA) is 53.1 Å². The molecule has 1 fully saturated rings. The minimum absolute atomic E-state index is 0.460. The van der Waals surface area contributed by atoms with E-state index in [4.69, 9.17) is 10.5 Å². The van der Waals surface area contributed by atoms with Crippen molar-refractivity contribution in [1.29, 1.82) is 0 Å². The van der Waals surface area contributed by atoms with Crippen LogP contribution < -0.4 is 10.5 Å². The van der Waals surface area contributed by atoms with Crippen LogP contribution in [-0.4, -0.2) is 9.78 Å². The molecule has 0 atom stereocenters. The number of nitrogens with two attached hydrogens (primary N) is 1. The number of nitrogens with zero attached hydrogens (tertiary/aromatic N) is 2. The Morgan fingerprint density at radius 3 is 2.86 bits per heavy atom. The fourth-order valence-corrected chi connectivity index (χ4v) is 3.15. The lowest BCUT2D eigenvalue weighted by molar-refractivity contribution is 0.289. The quantitative estimate of drug-likeness (QED) is 0.836. The maximum atomic E-state index is 5.80. The van der Waals surface area contributed by atoms with Crippen molar-refractivity contribution in [3.05, 3.63) is 40.6 Å². The zero-order valence-corrected chi connectivity index (χ0v) is 13.6. The number of hydrogen-bond donors (Lipinski definition) is 1. The number of aromatic nitrogens is 2. The average Bonchev–Trinajstić information content (AvgIpc) is 2.98. The Morgan fingerprint density at radius 2 is 2.05 bits per heavy atom. The number of halogens is 1. The van der Waals surface area contributed by atoms with Crippen LogP contribution in [0.5, 0.6) is 5.75 Å². The van der Waals surface area contributed by atoms with E-state index in [1.165, 1.54) is 32.1 Å². The number of benzene rings is 1. The lowest BCUT2D eigenvalue weighted by Crippen LogP contribution is -2.13. The molecule has 2 aromatic rings. The maximum absolute atomic E-state index is 5.80. The molecule has 112 valence electrons. The molecule has 1 aliphatic rings. The summed E-state index contributed by atoms with van der Waals surface area (Å²) < 4.78 is 8.81. The van der Waals surface area contributed by atoms with E-state index < -0.39 is 0 Å². The fraction of sp³-hybridized carbons (Fsp3) is 0.438. The molecule has 1 aliphatic carbocycles. The molecule has 0 spiro atoms. The third-order valence-corrected chi connectivity index (χ3v) is 4.60. The van der Waals surface area contributed by atoms with Crippen LogP contribution in [0.25, 0.3) is 0 Å². The van der Waals surface area contributed by atoms with Gasteiger partial charge in [-0.25, -0.2) is 0 Å². The van der Waals surface area contributed by atoms with E-state index in [9.17, 15) is 0 Å². The third-order valence-electron chi connectivity index (χ3n) is 3.94. The Bertz CT molecular complexity index is 605. The summed E-state index contributed by atoms with van der Waals surface area (Å²) in [5.74, 6) is 0.752. The van der Waals surface area contributed by atoms with Gasteiger partial charge in [-0.05, 0) is 47.0 Å². The Balaban J connectivity index is 1.63. The van der Waals surface area contributed by atoms with Crippen molar-refractivity contribution in [2.45, 2.75) is 44.8 Å². The minimum Gasteiger partial charge on any atom is -0.486 e. The molecular weight excluding hydrogens is 330 g/mol. The summed E-state index contributed by atoms with van der Waals surface area (Å²) in [4.78, 5) is 0. The summed E-state index contributed by atoms with van der Waals surface area (Å²) in [6, 6.07) is 8.16. The minimum atomic E-state index is 0.460. The molecule has 1 aromatic heterocycles. The molecule has 1 heterocycles. The van der Waals surface area contributed by atoms with Crippen LogP contribution in [0.2, 0.25) is 0 Å². The third kappa shape index (κ3) is 3.59. The summed E-state index contributed by atoms with van der Waals surface area (Å²) in [6.45, 7) is 0.460. The van der Waals surface area contributed by atoms with Crippen molar-refractivity contribution in [3.8, 4) is 5.75 Å². The van der Waals surface area contributed by atoms with Crippen LogP contribution in [-0.2, 0) is 6.61 Å². The fourth-order valence-electron chi connectivity index (χ4n) is 2.79. The molecule has 1 aromatic carbocycles. The Hall–Kier alpha value is -1.49. The first kappa shape index (κ1) is 14.4. The van der Waals surface area contributed by atoms with Crippen molar-refractivity contribution >= 4 is 21.6 Å². The van der Waals surface area contributed by atoms with E-state index in [0.717, 1.165) is 15.9 Å². The first-order valence-electron chi connectivity index (χ1n) is 7.44. The summed E-state index contributed by atoms with van der Waals surface area (Å²) >= 11 is 3.47. The van der Waals surface area contributed by atoms with Crippen molar-refractivity contribution in [2.24, 2.45) is 0 Å². The highest BCUT2D eigenvalue weighted by Crippen LogP contribution is 2.29. The highest BCUT2D eigenvalue weighted by molar-refractivity contribution is 9.10. The van der Waals surface area contributed by atoms with Crippen LogP contribution in [0.1, 0.15) is 43.8 Å². The van der Waals surface area contributed by atoms with Gasteiger partial charge in [0.1, 0.15) is 12.4 Å². The zero-order chi connectivity index (χ0) is 14.7. The lowest BCUT2D eigenvalue weighted by Gasteiger charge is -2.21. The molecule has 0 radical (unpaired) electrons. The molecule has 0 bridgehead atoms. The van der Waals surface area contributed by atoms with E-state index in [1.54, 1.807) is 0 Å². The Kier molecular flexibility index (Phi) is 4.48. The lowest BCUT2D eigenvalue weighted by atomic mass is 9.96. The summed E-state index contributed by atoms with van der Waals surface area (Å²) in [7, 11) is 0. The van der Waals surface area contributed by atoms with Crippen LogP contribution >= 0.6 is 15.9 Å². The van der Waals surface area contributed by atoms with Crippen molar-refractivity contribution in [2.75, 3.05) is 5.73 Å². The van der Waals surface area contributed by atoms with Gasteiger partial charge in [0.15, 0.2) is 0 Å². The molecule has 4 nitrogen and oxygen atoms in total. The largest absolute Gasteiger partial charge is 0.486 e. The first-order chi connectivity index (χ1) is 10.2. The summed E-state index contributed by atoms with van der Waals surface area (Å²) in [6.07, 6.45) is 8.53. The van der Waals surface area contributed by atoms with E-state index in [1.807, 2.05) is 24.3 Å². The summed E-state index contributed by atoms with van der Waals surface area (Å²) in [5.41, 5.74) is 7.43. The van der Waals surface area contributed by atoms with Gasteiger partial charge in [-0.3, -0.25) is 4.68 Å². The van der Waals surface area contributed by atoms with Gasteiger partial charge in [0.25, 0.3) is 0 Å². The number of rotatable bonds is 4. The molecule has 0 saturated heterocycles. The Morgan fingerprint density at radius 1 is 1.24 bits per heavy atom. The second-order valence-electron chi connectivity index (χ2n) is 5.56. The smallest absolute Gasteiger partial charge is 0.136 e. The van der Waals surface area contributed by atoms with Gasteiger partial charge in [0.05, 0.1) is 16.2 Å². The Labute approximate surface area is 133 Å². The number of ether oxygens (including phenoxy) is 1. The average molecular weight is 350 g/mol. The molecular formula is C16H20BrN3O. The van der Waals surface area contributed by atoms with Gasteiger partial charge >= 0.3 is 0 Å². The second kappa shape index (κ2) is 6.52. The standard InChI is InChI=1S/C16H20BrN3O/c17-15-7-6-12(18)10-16(15)21-11-13-8-9-20(19-13)14-4-2-1-3-5-14/h6-10,14H,1-5,11,18H2. The second-order valence-corrected chi connectivity index (χ2v) is 6.41. The van der Waals surface area contributed by atoms with Crippen LogP contribution in [0.3, 0.4) is 0 Å². The molecule has 2 N–H and O–H groups in total. The molecule has 21 heavy (non-hydrogen) atoms. The SMILES string of the molecule is Nc1ccc(Br)c(OCc2ccn(C3CCCCC3)n2)c1. The van der Waals surface area contributed by atoms with Gasteiger partial charge in [-0.15, -0.1) is 0 Å². The van der Waals surface area contributed by atoms with E-state index in [-0.39, 0.29) is 0 Å². The maximum Gasteiger partial charge on any atom is 0.136 e.